The molecular weight excluding hydrogens is 522 g/mol. The van der Waals surface area contributed by atoms with Crippen LogP contribution in [0.25, 0.3) is 0 Å². The molecule has 1 atom stereocenters. The van der Waals surface area contributed by atoms with Crippen LogP contribution in [0.15, 0.2) is 35.5 Å². The van der Waals surface area contributed by atoms with Crippen molar-refractivity contribution in [3.8, 4) is 0 Å². The highest BCUT2D eigenvalue weighted by Gasteiger charge is 2.62. The first-order valence-corrected chi connectivity index (χ1v) is 12.5. The van der Waals surface area contributed by atoms with Crippen LogP contribution >= 0.6 is 34.8 Å². The number of rotatable bonds is 5. The molecule has 1 saturated heterocycles. The molecule has 0 amide bonds. The summed E-state index contributed by atoms with van der Waals surface area (Å²) in [4.78, 5) is 17.6. The number of benzene rings is 2. The number of aryl methyl sites for hydroxylation is 1. The summed E-state index contributed by atoms with van der Waals surface area (Å²) in [7, 11) is -0.838. The van der Waals surface area contributed by atoms with E-state index in [0.717, 1.165) is 12.1 Å². The highest BCUT2D eigenvalue weighted by Crippen LogP contribution is 2.50. The first kappa shape index (κ1) is 24.5. The lowest BCUT2D eigenvalue weighted by atomic mass is 9.86. The SMILES string of the molecule is Cc1cc(C2=NO[C@@](c3cc(Cl)c(Cl)c(Cl)c3)(C(F)(F)F)C2)ccc1C(=O)CC1CS(=O)C1. The Hall–Kier alpha value is -1.61. The Morgan fingerprint density at radius 2 is 1.82 bits per heavy atom. The molecule has 2 aromatic rings. The molecule has 0 aliphatic carbocycles. The van der Waals surface area contributed by atoms with Crippen LogP contribution in [0.3, 0.4) is 0 Å². The van der Waals surface area contributed by atoms with E-state index in [4.69, 9.17) is 39.6 Å². The molecule has 0 saturated carbocycles. The summed E-state index contributed by atoms with van der Waals surface area (Å²) in [6.45, 7) is 1.71. The number of ketones is 1. The molecule has 0 bridgehead atoms. The van der Waals surface area contributed by atoms with Gasteiger partial charge in [-0.2, -0.15) is 13.2 Å². The van der Waals surface area contributed by atoms with Gasteiger partial charge in [-0.15, -0.1) is 0 Å². The van der Waals surface area contributed by atoms with Crippen LogP contribution in [0.1, 0.15) is 39.9 Å². The third-order valence-corrected chi connectivity index (χ3v) is 8.70. The molecule has 0 N–H and O–H groups in total. The van der Waals surface area contributed by atoms with Crippen LogP contribution in [-0.4, -0.2) is 33.4 Å². The average Bonchev–Trinajstić information content (AvgIpc) is 3.17. The van der Waals surface area contributed by atoms with Gasteiger partial charge in [0.25, 0.3) is 5.60 Å². The van der Waals surface area contributed by atoms with Crippen LogP contribution < -0.4 is 0 Å². The van der Waals surface area contributed by atoms with Gasteiger partial charge in [-0.05, 0) is 42.2 Å². The number of carbonyl (C=O) groups is 1. The van der Waals surface area contributed by atoms with Gasteiger partial charge >= 0.3 is 6.18 Å². The standard InChI is InChI=1S/C22H17Cl3F3NO3S/c1-11-4-13(2-3-15(11)19(30)5-12-9-33(31)10-12)18-8-21(32-29-18,22(26,27)28)14-6-16(23)20(25)17(24)7-14/h2-4,6-7,12H,5,8-10H2,1H3/t12?,21-,33?/m0/s1. The zero-order valence-corrected chi connectivity index (χ0v) is 20.2. The van der Waals surface area contributed by atoms with Crippen LogP contribution in [0.5, 0.6) is 0 Å². The molecule has 33 heavy (non-hydrogen) atoms. The Balaban J connectivity index is 1.60. The van der Waals surface area contributed by atoms with Gasteiger partial charge in [-0.1, -0.05) is 52.1 Å². The van der Waals surface area contributed by atoms with Gasteiger partial charge in [0.15, 0.2) is 5.78 Å². The van der Waals surface area contributed by atoms with E-state index in [1.165, 1.54) is 0 Å². The van der Waals surface area contributed by atoms with Gasteiger partial charge in [0.05, 0.1) is 20.8 Å². The first-order chi connectivity index (χ1) is 15.4. The van der Waals surface area contributed by atoms with Gasteiger partial charge in [0.2, 0.25) is 0 Å². The van der Waals surface area contributed by atoms with Crippen molar-refractivity contribution in [2.45, 2.75) is 31.5 Å². The van der Waals surface area contributed by atoms with E-state index in [1.807, 2.05) is 0 Å². The predicted molar refractivity (Wildman–Crippen MR) is 123 cm³/mol. The normalized spacial score (nSPS) is 24.8. The maximum absolute atomic E-state index is 14.2. The molecule has 4 rings (SSSR count). The third kappa shape index (κ3) is 4.55. The Labute approximate surface area is 205 Å². The van der Waals surface area contributed by atoms with Gasteiger partial charge in [0.1, 0.15) is 0 Å². The molecule has 176 valence electrons. The molecule has 2 aromatic carbocycles. The lowest BCUT2D eigenvalue weighted by molar-refractivity contribution is -0.275. The fourth-order valence-electron chi connectivity index (χ4n) is 3.97. The number of carbonyl (C=O) groups excluding carboxylic acids is 1. The molecule has 2 aliphatic rings. The van der Waals surface area contributed by atoms with E-state index >= 15 is 0 Å². The van der Waals surface area contributed by atoms with Crippen LogP contribution in [0, 0.1) is 12.8 Å². The number of hydrogen-bond donors (Lipinski definition) is 0. The van der Waals surface area contributed by atoms with Crippen molar-refractivity contribution in [2.75, 3.05) is 11.5 Å². The first-order valence-electron chi connectivity index (χ1n) is 9.87. The minimum Gasteiger partial charge on any atom is -0.374 e. The minimum absolute atomic E-state index is 0.0532. The van der Waals surface area contributed by atoms with Crippen LogP contribution in [-0.2, 0) is 21.2 Å². The molecule has 0 unspecified atom stereocenters. The Morgan fingerprint density at radius 3 is 2.36 bits per heavy atom. The topological polar surface area (TPSA) is 55.7 Å². The van der Waals surface area contributed by atoms with E-state index in [1.54, 1.807) is 25.1 Å². The maximum Gasteiger partial charge on any atom is 0.435 e. The van der Waals surface area contributed by atoms with Gasteiger partial charge < -0.3 is 4.84 Å². The molecule has 2 aliphatic heterocycles. The number of halogens is 6. The van der Waals surface area contributed by atoms with Crippen molar-refractivity contribution in [1.29, 1.82) is 0 Å². The van der Waals surface area contributed by atoms with Crippen molar-refractivity contribution < 1.29 is 27.0 Å². The Kier molecular flexibility index (Phi) is 6.59. The van der Waals surface area contributed by atoms with E-state index in [0.29, 0.717) is 34.6 Å². The molecule has 0 aromatic heterocycles. The Morgan fingerprint density at radius 1 is 1.18 bits per heavy atom. The van der Waals surface area contributed by atoms with Crippen molar-refractivity contribution in [3.05, 3.63) is 67.7 Å². The summed E-state index contributed by atoms with van der Waals surface area (Å²) < 4.78 is 53.9. The summed E-state index contributed by atoms with van der Waals surface area (Å²) in [5.74, 6) is 1.07. The zero-order valence-electron chi connectivity index (χ0n) is 17.1. The number of nitrogens with zero attached hydrogens (tertiary/aromatic N) is 1. The molecule has 4 nitrogen and oxygen atoms in total. The number of alkyl halides is 3. The quantitative estimate of drug-likeness (QED) is 0.323. The second kappa shape index (κ2) is 8.87. The van der Waals surface area contributed by atoms with Gasteiger partial charge in [-0.3, -0.25) is 9.00 Å². The summed E-state index contributed by atoms with van der Waals surface area (Å²) in [5.41, 5.74) is -1.51. The zero-order chi connectivity index (χ0) is 24.1. The summed E-state index contributed by atoms with van der Waals surface area (Å²) in [6.07, 6.45) is -5.14. The van der Waals surface area contributed by atoms with Crippen LogP contribution in [0.2, 0.25) is 15.1 Å². The lowest BCUT2D eigenvalue weighted by Crippen LogP contribution is -2.42. The minimum atomic E-state index is -4.83. The summed E-state index contributed by atoms with van der Waals surface area (Å²) in [6, 6.07) is 6.89. The number of Topliss-reactive ketones (excluding diaryl/α,β-unsaturated/α-hetero) is 1. The second-order valence-corrected chi connectivity index (χ2v) is 10.9. The smallest absolute Gasteiger partial charge is 0.374 e. The summed E-state index contributed by atoms with van der Waals surface area (Å²) in [5, 5.41) is 3.42. The fraction of sp³-hybridized carbons (Fsp3) is 0.364. The largest absolute Gasteiger partial charge is 0.435 e. The van der Waals surface area contributed by atoms with Gasteiger partial charge in [0, 0.05) is 46.3 Å². The number of oxime groups is 1. The van der Waals surface area contributed by atoms with E-state index in [2.05, 4.69) is 5.16 Å². The fourth-order valence-corrected chi connectivity index (χ4v) is 5.76. The van der Waals surface area contributed by atoms with Crippen molar-refractivity contribution in [2.24, 2.45) is 11.1 Å². The third-order valence-electron chi connectivity index (χ3n) is 5.81. The van der Waals surface area contributed by atoms with Gasteiger partial charge in [-0.25, -0.2) is 0 Å². The number of hydrogen-bond acceptors (Lipinski definition) is 4. The maximum atomic E-state index is 14.2. The van der Waals surface area contributed by atoms with E-state index in [-0.39, 0.29) is 38.0 Å². The Bertz CT molecular complexity index is 1170. The monoisotopic (exact) mass is 537 g/mol. The lowest BCUT2D eigenvalue weighted by Gasteiger charge is -2.30. The molecule has 0 spiro atoms. The molecule has 11 heteroatoms. The van der Waals surface area contributed by atoms with Crippen molar-refractivity contribution >= 4 is 57.1 Å². The predicted octanol–water partition coefficient (Wildman–Crippen LogP) is 6.49. The molecular formula is C22H17Cl3F3NO3S. The van der Waals surface area contributed by atoms with Crippen LogP contribution in [0.4, 0.5) is 13.2 Å². The highest BCUT2D eigenvalue weighted by atomic mass is 35.5. The highest BCUT2D eigenvalue weighted by molar-refractivity contribution is 7.86. The van der Waals surface area contributed by atoms with Crippen molar-refractivity contribution in [3.63, 3.8) is 0 Å². The average molecular weight is 539 g/mol. The van der Waals surface area contributed by atoms with E-state index < -0.39 is 29.0 Å². The molecule has 1 fully saturated rings. The van der Waals surface area contributed by atoms with Crippen molar-refractivity contribution in [1.82, 2.24) is 0 Å². The molecule has 2 heterocycles. The van der Waals surface area contributed by atoms with E-state index in [9.17, 15) is 22.2 Å². The second-order valence-electron chi connectivity index (χ2n) is 8.18. The molecule has 0 radical (unpaired) electrons. The summed E-state index contributed by atoms with van der Waals surface area (Å²) >= 11 is 17.8.